The molecule has 6 nitrogen and oxygen atoms in total. The third kappa shape index (κ3) is 4.10. The highest BCUT2D eigenvalue weighted by atomic mass is 32.1. The molecule has 3 aromatic rings. The van der Waals surface area contributed by atoms with E-state index in [9.17, 15) is 14.4 Å². The van der Waals surface area contributed by atoms with Crippen molar-refractivity contribution in [2.24, 2.45) is 0 Å². The number of thiophene rings is 1. The molecule has 0 bridgehead atoms. The number of anilines is 1. The van der Waals surface area contributed by atoms with Crippen molar-refractivity contribution in [1.82, 2.24) is 0 Å². The number of hydrogen-bond acceptors (Lipinski definition) is 6. The molecule has 1 aromatic carbocycles. The topological polar surface area (TPSA) is 85.6 Å². The smallest absolute Gasteiger partial charge is 0.341 e. The van der Waals surface area contributed by atoms with Gasteiger partial charge in [-0.05, 0) is 43.0 Å². The number of amides is 1. The third-order valence-electron chi connectivity index (χ3n) is 4.80. The maximum Gasteiger partial charge on any atom is 0.341 e. The molecular weight excluding hydrogens is 390 g/mol. The van der Waals surface area contributed by atoms with Gasteiger partial charge in [-0.15, -0.1) is 11.3 Å². The van der Waals surface area contributed by atoms with Crippen LogP contribution in [0.2, 0.25) is 0 Å². The van der Waals surface area contributed by atoms with Crippen molar-refractivity contribution in [3.8, 4) is 0 Å². The molecule has 0 saturated carbocycles. The van der Waals surface area contributed by atoms with Crippen molar-refractivity contribution >= 4 is 45.0 Å². The summed E-state index contributed by atoms with van der Waals surface area (Å²) in [4.78, 5) is 37.2. The molecule has 7 heteroatoms. The fourth-order valence-corrected chi connectivity index (χ4v) is 4.33. The Kier molecular flexibility index (Phi) is 5.88. The van der Waals surface area contributed by atoms with Crippen molar-refractivity contribution in [2.45, 2.75) is 40.0 Å². The van der Waals surface area contributed by atoms with Crippen molar-refractivity contribution in [3.05, 3.63) is 51.6 Å². The van der Waals surface area contributed by atoms with Crippen LogP contribution in [0.3, 0.4) is 0 Å². The van der Waals surface area contributed by atoms with E-state index in [4.69, 9.17) is 9.15 Å². The number of Topliss-reactive ketones (excluding diaryl/α,β-unsaturated/α-hetero) is 1. The summed E-state index contributed by atoms with van der Waals surface area (Å²) in [6.45, 7) is 7.31. The van der Waals surface area contributed by atoms with Gasteiger partial charge in [0.1, 0.15) is 10.6 Å². The first-order valence-electron chi connectivity index (χ1n) is 9.25. The lowest BCUT2D eigenvalue weighted by molar-refractivity contribution is -0.115. The highest BCUT2D eigenvalue weighted by molar-refractivity contribution is 7.18. The number of hydrogen-bond donors (Lipinski definition) is 1. The quantitative estimate of drug-likeness (QED) is 0.449. The maximum atomic E-state index is 12.7. The predicted octanol–water partition coefficient (Wildman–Crippen LogP) is 5.10. The van der Waals surface area contributed by atoms with Crippen LogP contribution >= 0.6 is 11.3 Å². The van der Waals surface area contributed by atoms with Crippen LogP contribution in [0.5, 0.6) is 0 Å². The Morgan fingerprint density at radius 2 is 1.97 bits per heavy atom. The average Bonchev–Trinajstić information content (AvgIpc) is 3.21. The van der Waals surface area contributed by atoms with E-state index in [-0.39, 0.29) is 23.7 Å². The Balaban J connectivity index is 1.89. The van der Waals surface area contributed by atoms with Crippen LogP contribution in [0, 0.1) is 6.92 Å². The predicted molar refractivity (Wildman–Crippen MR) is 113 cm³/mol. The lowest BCUT2D eigenvalue weighted by Gasteiger charge is -2.07. The lowest BCUT2D eigenvalue weighted by atomic mass is 10.00. The zero-order valence-electron chi connectivity index (χ0n) is 17.0. The maximum absolute atomic E-state index is 12.7. The van der Waals surface area contributed by atoms with E-state index in [1.54, 1.807) is 13.2 Å². The monoisotopic (exact) mass is 413 g/mol. The summed E-state index contributed by atoms with van der Waals surface area (Å²) in [7, 11) is 1.27. The molecule has 0 aliphatic rings. The second-order valence-corrected chi connectivity index (χ2v) is 8.22. The Labute approximate surface area is 172 Å². The van der Waals surface area contributed by atoms with Gasteiger partial charge in [0.25, 0.3) is 0 Å². The molecule has 0 radical (unpaired) electrons. The van der Waals surface area contributed by atoms with Gasteiger partial charge in [-0.1, -0.05) is 19.9 Å². The summed E-state index contributed by atoms with van der Waals surface area (Å²) in [5.74, 6) is -0.695. The van der Waals surface area contributed by atoms with Gasteiger partial charge in [0.05, 0.1) is 30.2 Å². The lowest BCUT2D eigenvalue weighted by Crippen LogP contribution is -2.16. The summed E-state index contributed by atoms with van der Waals surface area (Å²) >= 11 is 1.08. The number of furan rings is 1. The molecule has 1 amide bonds. The number of ether oxygens (including phenoxy) is 1. The van der Waals surface area contributed by atoms with Crippen LogP contribution in [0.1, 0.15) is 63.4 Å². The van der Waals surface area contributed by atoms with E-state index in [0.29, 0.717) is 21.4 Å². The van der Waals surface area contributed by atoms with E-state index in [0.717, 1.165) is 33.4 Å². The van der Waals surface area contributed by atoms with Gasteiger partial charge >= 0.3 is 5.97 Å². The number of carbonyl (C=O) groups is 3. The fraction of sp³-hybridized carbons (Fsp3) is 0.318. The van der Waals surface area contributed by atoms with Crippen molar-refractivity contribution in [1.29, 1.82) is 0 Å². The molecule has 0 saturated heterocycles. The standard InChI is InChI=1S/C22H23NO5S/c1-11(2)14-6-7-17-16(8-14)15(10-28-17)9-18(25)23-21-19(22(26)27-5)12(3)20(29-21)13(4)24/h6-8,10-11H,9H2,1-5H3,(H,23,25). The van der Waals surface area contributed by atoms with Crippen LogP contribution in [0.4, 0.5) is 5.00 Å². The summed E-state index contributed by atoms with van der Waals surface area (Å²) < 4.78 is 10.4. The summed E-state index contributed by atoms with van der Waals surface area (Å²) in [5.41, 5.74) is 3.38. The second-order valence-electron chi connectivity index (χ2n) is 7.20. The largest absolute Gasteiger partial charge is 0.465 e. The minimum atomic E-state index is -0.586. The molecule has 152 valence electrons. The first-order valence-corrected chi connectivity index (χ1v) is 10.1. The minimum Gasteiger partial charge on any atom is -0.465 e. The molecule has 0 atom stereocenters. The van der Waals surface area contributed by atoms with Gasteiger partial charge in [0.15, 0.2) is 5.78 Å². The van der Waals surface area contributed by atoms with Gasteiger partial charge in [-0.3, -0.25) is 9.59 Å². The SMILES string of the molecule is COC(=O)c1c(NC(=O)Cc2coc3ccc(C(C)C)cc23)sc(C(C)=O)c1C. The zero-order valence-corrected chi connectivity index (χ0v) is 17.9. The van der Waals surface area contributed by atoms with Crippen LogP contribution < -0.4 is 5.32 Å². The van der Waals surface area contributed by atoms with Crippen molar-refractivity contribution in [3.63, 3.8) is 0 Å². The number of ketones is 1. The number of rotatable bonds is 6. The molecule has 0 aliphatic heterocycles. The number of esters is 1. The Hall–Kier alpha value is -2.93. The molecule has 0 spiro atoms. The molecule has 29 heavy (non-hydrogen) atoms. The van der Waals surface area contributed by atoms with E-state index < -0.39 is 5.97 Å². The molecule has 0 fully saturated rings. The Bertz CT molecular complexity index is 1110. The first-order chi connectivity index (χ1) is 13.7. The molecule has 2 heterocycles. The normalized spacial score (nSPS) is 11.1. The van der Waals surface area contributed by atoms with E-state index in [2.05, 4.69) is 19.2 Å². The van der Waals surface area contributed by atoms with Crippen LogP contribution in [-0.4, -0.2) is 24.8 Å². The summed E-state index contributed by atoms with van der Waals surface area (Å²) in [6.07, 6.45) is 1.66. The summed E-state index contributed by atoms with van der Waals surface area (Å²) in [6, 6.07) is 5.96. The average molecular weight is 413 g/mol. The Morgan fingerprint density at radius 3 is 2.59 bits per heavy atom. The molecule has 2 aromatic heterocycles. The molecule has 1 N–H and O–H groups in total. The van der Waals surface area contributed by atoms with Crippen LogP contribution in [-0.2, 0) is 16.0 Å². The molecule has 3 rings (SSSR count). The number of fused-ring (bicyclic) bond motifs is 1. The van der Waals surface area contributed by atoms with E-state index >= 15 is 0 Å². The van der Waals surface area contributed by atoms with E-state index in [1.165, 1.54) is 14.0 Å². The van der Waals surface area contributed by atoms with E-state index in [1.807, 2.05) is 18.2 Å². The van der Waals surface area contributed by atoms with Crippen molar-refractivity contribution < 1.29 is 23.5 Å². The molecule has 0 unspecified atom stereocenters. The van der Waals surface area contributed by atoms with Crippen LogP contribution in [0.15, 0.2) is 28.9 Å². The minimum absolute atomic E-state index is 0.0848. The van der Waals surface area contributed by atoms with Gasteiger partial charge in [-0.2, -0.15) is 0 Å². The van der Waals surface area contributed by atoms with Gasteiger partial charge in [0.2, 0.25) is 5.91 Å². The van der Waals surface area contributed by atoms with Gasteiger partial charge < -0.3 is 14.5 Å². The zero-order chi connectivity index (χ0) is 21.3. The van der Waals surface area contributed by atoms with Crippen LogP contribution in [0.25, 0.3) is 11.0 Å². The highest BCUT2D eigenvalue weighted by Gasteiger charge is 2.25. The van der Waals surface area contributed by atoms with Gasteiger partial charge in [0, 0.05) is 10.9 Å². The summed E-state index contributed by atoms with van der Waals surface area (Å²) in [5, 5.41) is 3.98. The fourth-order valence-electron chi connectivity index (χ4n) is 3.22. The molecular formula is C22H23NO5S. The number of methoxy groups -OCH3 is 1. The van der Waals surface area contributed by atoms with Gasteiger partial charge in [-0.25, -0.2) is 4.79 Å². The first kappa shape index (κ1) is 20.8. The van der Waals surface area contributed by atoms with Crippen molar-refractivity contribution in [2.75, 3.05) is 12.4 Å². The Morgan fingerprint density at radius 1 is 1.24 bits per heavy atom. The highest BCUT2D eigenvalue weighted by Crippen LogP contribution is 2.34. The number of benzene rings is 1. The number of nitrogens with one attached hydrogen (secondary N) is 1. The number of carbonyl (C=O) groups excluding carboxylic acids is 3. The molecule has 0 aliphatic carbocycles. The third-order valence-corrected chi connectivity index (χ3v) is 6.11. The second kappa shape index (κ2) is 8.21.